The van der Waals surface area contributed by atoms with E-state index >= 15 is 0 Å². The van der Waals surface area contributed by atoms with Crippen LogP contribution in [0.25, 0.3) is 0 Å². The van der Waals surface area contributed by atoms with E-state index in [1.807, 2.05) is 0 Å². The Bertz CT molecular complexity index is 659. The summed E-state index contributed by atoms with van der Waals surface area (Å²) >= 11 is 18.3. The van der Waals surface area contributed by atoms with Gasteiger partial charge in [0.25, 0.3) is 0 Å². The normalized spacial score (nSPS) is 12.1. The van der Waals surface area contributed by atoms with Gasteiger partial charge in [-0.3, -0.25) is 0 Å². The van der Waals surface area contributed by atoms with Gasteiger partial charge in [0.15, 0.2) is 0 Å². The number of ether oxygens (including phenoxy) is 2. The molecule has 1 atom stereocenters. The van der Waals surface area contributed by atoms with Crippen LogP contribution in [0.1, 0.15) is 17.2 Å². The van der Waals surface area contributed by atoms with Gasteiger partial charge in [-0.25, -0.2) is 0 Å². The van der Waals surface area contributed by atoms with E-state index in [1.54, 1.807) is 30.3 Å². The number of aliphatic hydroxyl groups excluding tert-OH is 1. The van der Waals surface area contributed by atoms with Crippen LogP contribution in [0.15, 0.2) is 30.3 Å². The van der Waals surface area contributed by atoms with Crippen LogP contribution in [-0.4, -0.2) is 19.3 Å². The molecule has 2 aromatic carbocycles. The first-order valence-electron chi connectivity index (χ1n) is 6.02. The molecule has 0 saturated carbocycles. The molecule has 1 N–H and O–H groups in total. The van der Waals surface area contributed by atoms with E-state index in [0.29, 0.717) is 37.7 Å². The first-order valence-corrected chi connectivity index (χ1v) is 7.15. The molecule has 1 unspecified atom stereocenters. The fraction of sp³-hybridized carbons (Fsp3) is 0.200. The van der Waals surface area contributed by atoms with Crippen molar-refractivity contribution < 1.29 is 14.6 Å². The lowest BCUT2D eigenvalue weighted by atomic mass is 10.0. The predicted octanol–water partition coefficient (Wildman–Crippen LogP) is 4.75. The summed E-state index contributed by atoms with van der Waals surface area (Å²) in [5.41, 5.74) is 0.955. The molecule has 6 heteroatoms. The third-order valence-corrected chi connectivity index (χ3v) is 3.91. The minimum Gasteiger partial charge on any atom is -0.496 e. The van der Waals surface area contributed by atoms with Crippen molar-refractivity contribution in [2.24, 2.45) is 0 Å². The van der Waals surface area contributed by atoms with Crippen molar-refractivity contribution in [1.29, 1.82) is 0 Å². The van der Waals surface area contributed by atoms with Crippen LogP contribution < -0.4 is 9.47 Å². The van der Waals surface area contributed by atoms with Crippen molar-refractivity contribution in [3.8, 4) is 11.5 Å². The molecule has 0 aliphatic rings. The fourth-order valence-corrected chi connectivity index (χ4v) is 2.68. The second kappa shape index (κ2) is 6.75. The van der Waals surface area contributed by atoms with Gasteiger partial charge in [-0.1, -0.05) is 34.8 Å². The van der Waals surface area contributed by atoms with E-state index in [9.17, 15) is 5.11 Å². The maximum absolute atomic E-state index is 10.6. The molecule has 21 heavy (non-hydrogen) atoms. The van der Waals surface area contributed by atoms with Crippen molar-refractivity contribution in [3.63, 3.8) is 0 Å². The van der Waals surface area contributed by atoms with Crippen LogP contribution in [0.4, 0.5) is 0 Å². The Morgan fingerprint density at radius 3 is 2.14 bits per heavy atom. The number of methoxy groups -OCH3 is 2. The van der Waals surface area contributed by atoms with Gasteiger partial charge in [-0.15, -0.1) is 0 Å². The SMILES string of the molecule is COc1cc(Cl)c(C(O)c2cc(Cl)ccc2OC)cc1Cl. The minimum atomic E-state index is -1.02. The van der Waals surface area contributed by atoms with Crippen molar-refractivity contribution >= 4 is 34.8 Å². The molecule has 0 bridgehead atoms. The Balaban J connectivity index is 2.52. The van der Waals surface area contributed by atoms with E-state index in [4.69, 9.17) is 44.3 Å². The van der Waals surface area contributed by atoms with E-state index in [2.05, 4.69) is 0 Å². The van der Waals surface area contributed by atoms with Crippen molar-refractivity contribution in [3.05, 3.63) is 56.5 Å². The maximum Gasteiger partial charge on any atom is 0.138 e. The van der Waals surface area contributed by atoms with E-state index in [0.717, 1.165) is 0 Å². The van der Waals surface area contributed by atoms with E-state index in [-0.39, 0.29) is 0 Å². The van der Waals surface area contributed by atoms with Crippen molar-refractivity contribution in [1.82, 2.24) is 0 Å². The van der Waals surface area contributed by atoms with Crippen LogP contribution in [-0.2, 0) is 0 Å². The van der Waals surface area contributed by atoms with Gasteiger partial charge in [-0.2, -0.15) is 0 Å². The minimum absolute atomic E-state index is 0.339. The van der Waals surface area contributed by atoms with Crippen LogP contribution in [0, 0.1) is 0 Å². The second-order valence-electron chi connectivity index (χ2n) is 4.30. The number of hydrogen-bond donors (Lipinski definition) is 1. The first kappa shape index (κ1) is 16.2. The highest BCUT2D eigenvalue weighted by molar-refractivity contribution is 6.34. The van der Waals surface area contributed by atoms with Crippen molar-refractivity contribution in [2.45, 2.75) is 6.10 Å². The average Bonchev–Trinajstić information content (AvgIpc) is 2.48. The molecule has 2 aromatic rings. The van der Waals surface area contributed by atoms with Crippen LogP contribution in [0.2, 0.25) is 15.1 Å². The molecular weight excluding hydrogens is 335 g/mol. The number of hydrogen-bond acceptors (Lipinski definition) is 3. The molecule has 112 valence electrons. The Morgan fingerprint density at radius 1 is 0.857 bits per heavy atom. The third kappa shape index (κ3) is 3.38. The Kier molecular flexibility index (Phi) is 5.22. The summed E-state index contributed by atoms with van der Waals surface area (Å²) < 4.78 is 10.3. The smallest absolute Gasteiger partial charge is 0.138 e. The van der Waals surface area contributed by atoms with Gasteiger partial charge in [0.2, 0.25) is 0 Å². The third-order valence-electron chi connectivity index (χ3n) is 3.05. The molecule has 0 radical (unpaired) electrons. The molecular formula is C15H13Cl3O3. The highest BCUT2D eigenvalue weighted by atomic mass is 35.5. The molecule has 3 nitrogen and oxygen atoms in total. The zero-order valence-corrected chi connectivity index (χ0v) is 13.6. The maximum atomic E-state index is 10.6. The molecule has 0 saturated heterocycles. The number of aliphatic hydroxyl groups is 1. The van der Waals surface area contributed by atoms with Crippen LogP contribution in [0.3, 0.4) is 0 Å². The summed E-state index contributed by atoms with van der Waals surface area (Å²) in [5.74, 6) is 0.950. The molecule has 0 heterocycles. The highest BCUT2D eigenvalue weighted by Crippen LogP contribution is 2.39. The summed E-state index contributed by atoms with van der Waals surface area (Å²) in [6, 6.07) is 8.10. The standard InChI is InChI=1S/C15H13Cl3O3/c1-20-13-4-3-8(16)5-10(13)15(19)9-6-12(18)14(21-2)7-11(9)17/h3-7,15,19H,1-2H3. The lowest BCUT2D eigenvalue weighted by molar-refractivity contribution is 0.214. The lowest BCUT2D eigenvalue weighted by Gasteiger charge is -2.18. The highest BCUT2D eigenvalue weighted by Gasteiger charge is 2.20. The largest absolute Gasteiger partial charge is 0.496 e. The summed E-state index contributed by atoms with van der Waals surface area (Å²) in [6.07, 6.45) is -1.02. The van der Waals surface area contributed by atoms with Gasteiger partial charge in [0.05, 0.1) is 24.3 Å². The van der Waals surface area contributed by atoms with Crippen LogP contribution in [0.5, 0.6) is 11.5 Å². The molecule has 0 amide bonds. The Labute approximate surface area is 138 Å². The fourth-order valence-electron chi connectivity index (χ4n) is 2.00. The number of benzene rings is 2. The summed E-state index contributed by atoms with van der Waals surface area (Å²) in [7, 11) is 3.01. The van der Waals surface area contributed by atoms with Gasteiger partial charge >= 0.3 is 0 Å². The van der Waals surface area contributed by atoms with Gasteiger partial charge in [0, 0.05) is 22.2 Å². The molecule has 0 aromatic heterocycles. The predicted molar refractivity (Wildman–Crippen MR) is 85.1 cm³/mol. The van der Waals surface area contributed by atoms with Gasteiger partial charge in [0.1, 0.15) is 17.6 Å². The second-order valence-corrected chi connectivity index (χ2v) is 5.55. The summed E-state index contributed by atoms with van der Waals surface area (Å²) in [4.78, 5) is 0. The molecule has 0 aliphatic heterocycles. The molecule has 0 spiro atoms. The molecule has 0 aliphatic carbocycles. The number of halogens is 3. The average molecular weight is 348 g/mol. The number of rotatable bonds is 4. The zero-order chi connectivity index (χ0) is 15.6. The molecule has 2 rings (SSSR count). The topological polar surface area (TPSA) is 38.7 Å². The Hall–Kier alpha value is -1.13. The van der Waals surface area contributed by atoms with Crippen LogP contribution >= 0.6 is 34.8 Å². The zero-order valence-electron chi connectivity index (χ0n) is 11.4. The first-order chi connectivity index (χ1) is 9.97. The quantitative estimate of drug-likeness (QED) is 0.867. The molecule has 0 fully saturated rings. The van der Waals surface area contributed by atoms with E-state index in [1.165, 1.54) is 14.2 Å². The van der Waals surface area contributed by atoms with Gasteiger partial charge < -0.3 is 14.6 Å². The lowest BCUT2D eigenvalue weighted by Crippen LogP contribution is -2.04. The van der Waals surface area contributed by atoms with Gasteiger partial charge in [-0.05, 0) is 24.3 Å². The Morgan fingerprint density at radius 2 is 1.52 bits per heavy atom. The summed E-state index contributed by atoms with van der Waals surface area (Å²) in [6.45, 7) is 0. The monoisotopic (exact) mass is 346 g/mol. The van der Waals surface area contributed by atoms with E-state index < -0.39 is 6.10 Å². The summed E-state index contributed by atoms with van der Waals surface area (Å²) in [5, 5.41) is 11.8. The van der Waals surface area contributed by atoms with Crippen molar-refractivity contribution in [2.75, 3.05) is 14.2 Å².